The van der Waals surface area contributed by atoms with Crippen LogP contribution in [0.3, 0.4) is 0 Å². The second-order valence-corrected chi connectivity index (χ2v) is 3.18. The molecule has 17 heavy (non-hydrogen) atoms. The molecule has 1 aromatic rings. The molecule has 0 saturated carbocycles. The van der Waals surface area contributed by atoms with Crippen LogP contribution in [-0.2, 0) is 14.3 Å². The van der Waals surface area contributed by atoms with Gasteiger partial charge in [-0.1, -0.05) is 0 Å². The second-order valence-electron chi connectivity index (χ2n) is 3.18. The van der Waals surface area contributed by atoms with E-state index in [4.69, 9.17) is 14.6 Å². The summed E-state index contributed by atoms with van der Waals surface area (Å²) in [6, 6.07) is 2.48. The number of methoxy groups -OCH3 is 1. The Bertz CT molecular complexity index is 445. The molecule has 7 nitrogen and oxygen atoms in total. The number of hydrogen-bond acceptors (Lipinski definition) is 5. The van der Waals surface area contributed by atoms with Gasteiger partial charge in [0.05, 0.1) is 13.5 Å². The SMILES string of the molecule is COC(=O)c1ccc(C(CC(=O)O)C(=O)O)o1. The van der Waals surface area contributed by atoms with Crippen molar-refractivity contribution in [3.63, 3.8) is 0 Å². The Balaban J connectivity index is 2.95. The van der Waals surface area contributed by atoms with E-state index >= 15 is 0 Å². The van der Waals surface area contributed by atoms with Crippen LogP contribution in [0.15, 0.2) is 16.5 Å². The molecular formula is C10H10O7. The maximum atomic E-state index is 11.1. The summed E-state index contributed by atoms with van der Waals surface area (Å²) in [5.74, 6) is -4.95. The van der Waals surface area contributed by atoms with Crippen LogP contribution in [0.5, 0.6) is 0 Å². The Morgan fingerprint density at radius 1 is 1.35 bits per heavy atom. The average molecular weight is 242 g/mol. The standard InChI is InChI=1S/C10H10O7/c1-16-10(15)7-3-2-6(17-7)5(9(13)14)4-8(11)12/h2-3,5H,4H2,1H3,(H,11,12)(H,13,14). The van der Waals surface area contributed by atoms with Gasteiger partial charge < -0.3 is 19.4 Å². The van der Waals surface area contributed by atoms with E-state index < -0.39 is 30.2 Å². The van der Waals surface area contributed by atoms with E-state index in [0.717, 1.165) is 7.11 Å². The largest absolute Gasteiger partial charge is 0.481 e. The van der Waals surface area contributed by atoms with Gasteiger partial charge in [0.15, 0.2) is 0 Å². The number of aliphatic carboxylic acids is 2. The van der Waals surface area contributed by atoms with Crippen molar-refractivity contribution in [3.8, 4) is 0 Å². The molecule has 92 valence electrons. The summed E-state index contributed by atoms with van der Waals surface area (Å²) >= 11 is 0. The van der Waals surface area contributed by atoms with Crippen LogP contribution < -0.4 is 0 Å². The minimum atomic E-state index is -1.34. The minimum Gasteiger partial charge on any atom is -0.481 e. The van der Waals surface area contributed by atoms with E-state index in [0.29, 0.717) is 0 Å². The molecular weight excluding hydrogens is 232 g/mol. The van der Waals surface area contributed by atoms with E-state index in [-0.39, 0.29) is 11.5 Å². The van der Waals surface area contributed by atoms with Crippen molar-refractivity contribution in [2.45, 2.75) is 12.3 Å². The lowest BCUT2D eigenvalue weighted by Gasteiger charge is -2.05. The second kappa shape index (κ2) is 5.15. The molecule has 1 heterocycles. The normalized spacial score (nSPS) is 11.8. The van der Waals surface area contributed by atoms with Gasteiger partial charge in [-0.25, -0.2) is 4.79 Å². The fourth-order valence-corrected chi connectivity index (χ4v) is 1.23. The lowest BCUT2D eigenvalue weighted by atomic mass is 10.0. The highest BCUT2D eigenvalue weighted by atomic mass is 16.5. The number of hydrogen-bond donors (Lipinski definition) is 2. The number of ether oxygens (including phenoxy) is 1. The molecule has 0 fully saturated rings. The van der Waals surface area contributed by atoms with Gasteiger partial charge in [0.2, 0.25) is 5.76 Å². The number of furan rings is 1. The summed E-state index contributed by atoms with van der Waals surface area (Å²) in [5.41, 5.74) is 0. The molecule has 0 aliphatic rings. The third-order valence-corrected chi connectivity index (χ3v) is 2.03. The molecule has 7 heteroatoms. The zero-order chi connectivity index (χ0) is 13.0. The first-order chi connectivity index (χ1) is 7.95. The summed E-state index contributed by atoms with van der Waals surface area (Å²) in [5, 5.41) is 17.4. The molecule has 0 aliphatic heterocycles. The first-order valence-corrected chi connectivity index (χ1v) is 4.58. The fourth-order valence-electron chi connectivity index (χ4n) is 1.23. The highest BCUT2D eigenvalue weighted by Crippen LogP contribution is 2.23. The van der Waals surface area contributed by atoms with E-state index in [1.54, 1.807) is 0 Å². The Labute approximate surface area is 95.6 Å². The fraction of sp³-hybridized carbons (Fsp3) is 0.300. The van der Waals surface area contributed by atoms with Gasteiger partial charge in [-0.05, 0) is 12.1 Å². The van der Waals surface area contributed by atoms with E-state index in [1.165, 1.54) is 12.1 Å². The van der Waals surface area contributed by atoms with Crippen LogP contribution in [-0.4, -0.2) is 35.2 Å². The summed E-state index contributed by atoms with van der Waals surface area (Å²) < 4.78 is 9.32. The Morgan fingerprint density at radius 2 is 2.00 bits per heavy atom. The lowest BCUT2D eigenvalue weighted by molar-refractivity contribution is -0.145. The van der Waals surface area contributed by atoms with Crippen LogP contribution in [0, 0.1) is 0 Å². The predicted molar refractivity (Wildman–Crippen MR) is 52.7 cm³/mol. The van der Waals surface area contributed by atoms with Gasteiger partial charge in [-0.2, -0.15) is 0 Å². The van der Waals surface area contributed by atoms with Crippen molar-refractivity contribution in [2.24, 2.45) is 0 Å². The number of carboxylic acid groups (broad SMARTS) is 2. The molecule has 0 radical (unpaired) electrons. The molecule has 1 aromatic heterocycles. The molecule has 0 bridgehead atoms. The molecule has 0 spiro atoms. The maximum absolute atomic E-state index is 11.1. The first-order valence-electron chi connectivity index (χ1n) is 4.58. The summed E-state index contributed by atoms with van der Waals surface area (Å²) in [4.78, 5) is 32.4. The average Bonchev–Trinajstić information content (AvgIpc) is 2.73. The monoisotopic (exact) mass is 242 g/mol. The van der Waals surface area contributed by atoms with Gasteiger partial charge in [-0.3, -0.25) is 9.59 Å². The number of rotatable bonds is 5. The van der Waals surface area contributed by atoms with Gasteiger partial charge in [0.25, 0.3) is 0 Å². The van der Waals surface area contributed by atoms with E-state index in [2.05, 4.69) is 4.74 Å². The van der Waals surface area contributed by atoms with Crippen LogP contribution in [0.2, 0.25) is 0 Å². The number of carbonyl (C=O) groups is 3. The van der Waals surface area contributed by atoms with Crippen molar-refractivity contribution in [1.29, 1.82) is 0 Å². The summed E-state index contributed by atoms with van der Waals surface area (Å²) in [7, 11) is 1.15. The molecule has 0 saturated heterocycles. The van der Waals surface area contributed by atoms with E-state index in [9.17, 15) is 14.4 Å². The van der Waals surface area contributed by atoms with Gasteiger partial charge >= 0.3 is 17.9 Å². The van der Waals surface area contributed by atoms with Gasteiger partial charge in [-0.15, -0.1) is 0 Å². The van der Waals surface area contributed by atoms with Crippen molar-refractivity contribution >= 4 is 17.9 Å². The number of carbonyl (C=O) groups excluding carboxylic acids is 1. The molecule has 1 unspecified atom stereocenters. The number of esters is 1. The van der Waals surface area contributed by atoms with Gasteiger partial charge in [0, 0.05) is 0 Å². The molecule has 1 atom stereocenters. The predicted octanol–water partition coefficient (Wildman–Crippen LogP) is 0.709. The third-order valence-electron chi connectivity index (χ3n) is 2.03. The molecule has 0 aliphatic carbocycles. The van der Waals surface area contributed by atoms with Gasteiger partial charge in [0.1, 0.15) is 11.7 Å². The van der Waals surface area contributed by atoms with Crippen LogP contribution in [0.25, 0.3) is 0 Å². The molecule has 2 N–H and O–H groups in total. The number of carboxylic acids is 2. The van der Waals surface area contributed by atoms with Crippen molar-refractivity contribution < 1.29 is 33.8 Å². The zero-order valence-electron chi connectivity index (χ0n) is 8.87. The quantitative estimate of drug-likeness (QED) is 0.730. The maximum Gasteiger partial charge on any atom is 0.373 e. The lowest BCUT2D eigenvalue weighted by Crippen LogP contribution is -2.15. The van der Waals surface area contributed by atoms with Crippen molar-refractivity contribution in [3.05, 3.63) is 23.7 Å². The molecule has 0 aromatic carbocycles. The highest BCUT2D eigenvalue weighted by molar-refractivity contribution is 5.87. The third kappa shape index (κ3) is 3.07. The summed E-state index contributed by atoms with van der Waals surface area (Å²) in [6.07, 6.45) is -0.622. The van der Waals surface area contributed by atoms with Crippen LogP contribution in [0.4, 0.5) is 0 Å². The zero-order valence-corrected chi connectivity index (χ0v) is 8.87. The topological polar surface area (TPSA) is 114 Å². The van der Waals surface area contributed by atoms with Crippen molar-refractivity contribution in [1.82, 2.24) is 0 Å². The first kappa shape index (κ1) is 12.8. The highest BCUT2D eigenvalue weighted by Gasteiger charge is 2.27. The molecule has 1 rings (SSSR count). The Hall–Kier alpha value is -2.31. The van der Waals surface area contributed by atoms with Crippen LogP contribution in [0.1, 0.15) is 28.7 Å². The Kier molecular flexibility index (Phi) is 3.86. The summed E-state index contributed by atoms with van der Waals surface area (Å²) in [6.45, 7) is 0. The van der Waals surface area contributed by atoms with E-state index in [1.807, 2.05) is 0 Å². The van der Waals surface area contributed by atoms with Crippen LogP contribution >= 0.6 is 0 Å². The Morgan fingerprint density at radius 3 is 2.47 bits per heavy atom. The minimum absolute atomic E-state index is 0.0969. The van der Waals surface area contributed by atoms with Crippen molar-refractivity contribution in [2.75, 3.05) is 7.11 Å². The smallest absolute Gasteiger partial charge is 0.373 e. The molecule has 0 amide bonds.